The van der Waals surface area contributed by atoms with Crippen LogP contribution in [0.4, 0.5) is 35.1 Å². The normalized spacial score (nSPS) is 18.4. The van der Waals surface area contributed by atoms with E-state index in [0.717, 1.165) is 18.2 Å². The first-order chi connectivity index (χ1) is 18.1. The van der Waals surface area contributed by atoms with Gasteiger partial charge in [-0.15, -0.1) is 0 Å². The first-order valence-electron chi connectivity index (χ1n) is 11.8. The Morgan fingerprint density at radius 1 is 0.763 bits per heavy atom. The van der Waals surface area contributed by atoms with Crippen molar-refractivity contribution in [1.82, 2.24) is 0 Å². The largest absolute Gasteiger partial charge is 0.348 e. The van der Waals surface area contributed by atoms with Gasteiger partial charge in [-0.25, -0.2) is 35.1 Å². The first kappa shape index (κ1) is 27.8. The second kappa shape index (κ2) is 11.7. The number of halogens is 8. The zero-order valence-electron chi connectivity index (χ0n) is 20.1. The lowest BCUT2D eigenvalue weighted by Crippen LogP contribution is -2.27. The average molecular weight is 542 g/mol. The van der Waals surface area contributed by atoms with E-state index >= 15 is 0 Å². The van der Waals surface area contributed by atoms with Crippen LogP contribution in [-0.4, -0.2) is 13.2 Å². The molecule has 0 N–H and O–H groups in total. The number of benzene rings is 3. The second-order valence-electron chi connectivity index (χ2n) is 8.85. The number of hydrogen-bond donors (Lipinski definition) is 0. The summed E-state index contributed by atoms with van der Waals surface area (Å²) in [6, 6.07) is 7.22. The quantitative estimate of drug-likeness (QED) is 0.222. The topological polar surface area (TPSA) is 18.5 Å². The predicted molar refractivity (Wildman–Crippen MR) is 123 cm³/mol. The minimum Gasteiger partial charge on any atom is -0.348 e. The maximum atomic E-state index is 14.7. The summed E-state index contributed by atoms with van der Waals surface area (Å²) in [5.41, 5.74) is -0.257. The molecule has 202 valence electrons. The minimum atomic E-state index is -1.57. The van der Waals surface area contributed by atoms with Crippen LogP contribution < -0.4 is 0 Å². The third kappa shape index (κ3) is 5.91. The summed E-state index contributed by atoms with van der Waals surface area (Å²) in [6.45, 7) is 0.982. The van der Waals surface area contributed by atoms with E-state index in [0.29, 0.717) is 17.7 Å². The van der Waals surface area contributed by atoms with Gasteiger partial charge in [-0.1, -0.05) is 19.1 Å². The van der Waals surface area contributed by atoms with Crippen molar-refractivity contribution in [3.8, 4) is 0 Å². The minimum absolute atomic E-state index is 0.0587. The van der Waals surface area contributed by atoms with Crippen LogP contribution in [0.15, 0.2) is 48.3 Å². The lowest BCUT2D eigenvalue weighted by atomic mass is 9.96. The lowest BCUT2D eigenvalue weighted by molar-refractivity contribution is -0.192. The van der Waals surface area contributed by atoms with E-state index in [1.54, 1.807) is 0 Å². The van der Waals surface area contributed by atoms with Gasteiger partial charge in [0.1, 0.15) is 23.3 Å². The number of rotatable bonds is 7. The molecule has 0 bridgehead atoms. The predicted octanol–water partition coefficient (Wildman–Crippen LogP) is 8.15. The molecule has 1 heterocycles. The van der Waals surface area contributed by atoms with Gasteiger partial charge in [0, 0.05) is 22.6 Å². The highest BCUT2D eigenvalue weighted by Gasteiger charge is 2.30. The maximum absolute atomic E-state index is 14.7. The Labute approximate surface area is 213 Å². The highest BCUT2D eigenvalue weighted by atomic mass is 19.2. The Morgan fingerprint density at radius 2 is 1.37 bits per heavy atom. The summed E-state index contributed by atoms with van der Waals surface area (Å²) in [5, 5.41) is 0. The van der Waals surface area contributed by atoms with Crippen LogP contribution >= 0.6 is 0 Å². The van der Waals surface area contributed by atoms with E-state index in [1.807, 2.05) is 0 Å². The number of aryl methyl sites for hydroxylation is 2. The van der Waals surface area contributed by atoms with Gasteiger partial charge >= 0.3 is 0 Å². The second-order valence-corrected chi connectivity index (χ2v) is 8.85. The van der Waals surface area contributed by atoms with Crippen molar-refractivity contribution >= 4 is 5.83 Å². The summed E-state index contributed by atoms with van der Waals surface area (Å²) < 4.78 is 122. The van der Waals surface area contributed by atoms with Crippen molar-refractivity contribution < 1.29 is 44.6 Å². The molecule has 0 aliphatic carbocycles. The molecule has 3 aromatic carbocycles. The van der Waals surface area contributed by atoms with Crippen molar-refractivity contribution in [2.45, 2.75) is 38.4 Å². The third-order valence-corrected chi connectivity index (χ3v) is 6.26. The van der Waals surface area contributed by atoms with Crippen LogP contribution in [0.5, 0.6) is 0 Å². The molecule has 0 unspecified atom stereocenters. The highest BCUT2D eigenvalue weighted by Crippen LogP contribution is 2.35. The Morgan fingerprint density at radius 3 is 1.92 bits per heavy atom. The van der Waals surface area contributed by atoms with Crippen molar-refractivity contribution in [2.75, 3.05) is 13.2 Å². The molecular formula is C28H22F8O2. The molecule has 4 rings (SSSR count). The average Bonchev–Trinajstić information content (AvgIpc) is 2.90. The maximum Gasteiger partial charge on any atom is 0.194 e. The Bertz CT molecular complexity index is 1320. The molecule has 1 aliphatic heterocycles. The van der Waals surface area contributed by atoms with E-state index in [-0.39, 0.29) is 43.6 Å². The molecule has 0 radical (unpaired) electrons. The van der Waals surface area contributed by atoms with Crippen LogP contribution in [0.25, 0.3) is 5.83 Å². The van der Waals surface area contributed by atoms with Crippen LogP contribution in [-0.2, 0) is 22.3 Å². The fourth-order valence-electron chi connectivity index (χ4n) is 4.22. The third-order valence-electron chi connectivity index (χ3n) is 6.26. The number of ether oxygens (including phenoxy) is 2. The van der Waals surface area contributed by atoms with Crippen molar-refractivity contribution in [3.05, 3.63) is 111 Å². The molecule has 0 saturated carbocycles. The number of hydrogen-bond acceptors (Lipinski definition) is 2. The van der Waals surface area contributed by atoms with Crippen LogP contribution in [0.3, 0.4) is 0 Å². The van der Waals surface area contributed by atoms with Crippen molar-refractivity contribution in [2.24, 2.45) is 0 Å². The lowest BCUT2D eigenvalue weighted by Gasteiger charge is -2.30. The van der Waals surface area contributed by atoms with Gasteiger partial charge in [-0.05, 0) is 60.7 Å². The van der Waals surface area contributed by atoms with Crippen LogP contribution in [0.2, 0.25) is 0 Å². The van der Waals surface area contributed by atoms with E-state index in [2.05, 4.69) is 0 Å². The molecule has 0 amide bonds. The van der Waals surface area contributed by atoms with E-state index < -0.39 is 69.9 Å². The summed E-state index contributed by atoms with van der Waals surface area (Å²) in [4.78, 5) is 0. The molecule has 1 fully saturated rings. The number of allylic oxidation sites excluding steroid dienone is 1. The molecule has 1 aliphatic rings. The van der Waals surface area contributed by atoms with Gasteiger partial charge in [-0.3, -0.25) is 0 Å². The molecule has 1 saturated heterocycles. The van der Waals surface area contributed by atoms with E-state index in [1.165, 1.54) is 19.1 Å². The van der Waals surface area contributed by atoms with Crippen molar-refractivity contribution in [3.63, 3.8) is 0 Å². The van der Waals surface area contributed by atoms with Gasteiger partial charge in [-0.2, -0.15) is 0 Å². The molecule has 38 heavy (non-hydrogen) atoms. The van der Waals surface area contributed by atoms with Gasteiger partial charge in [0.2, 0.25) is 0 Å². The van der Waals surface area contributed by atoms with Crippen LogP contribution in [0.1, 0.15) is 53.4 Å². The SMILES string of the molecule is CC/C(F)=C(\F)c1cc(F)c(C2COC(c3ccc(CCc4cc(F)c(F)c(F)c4)c(F)c3)OC2)c(F)c1. The smallest absolute Gasteiger partial charge is 0.194 e. The fraction of sp³-hybridized carbons (Fsp3) is 0.286. The van der Waals surface area contributed by atoms with Gasteiger partial charge < -0.3 is 9.47 Å². The molecule has 0 atom stereocenters. The van der Waals surface area contributed by atoms with Crippen LogP contribution in [0, 0.1) is 34.9 Å². The standard InChI is InChI=1S/C28H22F8O2/c1-2-19(29)26(35)17-10-21(31)25(22(32)11-17)18-12-37-28(38-13-18)16-6-5-15(20(30)9-16)4-3-14-7-23(33)27(36)24(34)8-14/h5-11,18,28H,2-4,12-13H2,1H3/b26-19+. The molecular weight excluding hydrogens is 520 g/mol. The summed E-state index contributed by atoms with van der Waals surface area (Å²) in [5.74, 6) is -10.4. The van der Waals surface area contributed by atoms with Gasteiger partial charge in [0.25, 0.3) is 0 Å². The molecule has 10 heteroatoms. The Balaban J connectivity index is 1.41. The summed E-state index contributed by atoms with van der Waals surface area (Å²) in [6.07, 6.45) is -1.15. The zero-order valence-corrected chi connectivity index (χ0v) is 20.1. The zero-order chi connectivity index (χ0) is 27.6. The molecule has 0 spiro atoms. The van der Waals surface area contributed by atoms with E-state index in [4.69, 9.17) is 9.47 Å². The van der Waals surface area contributed by atoms with Gasteiger partial charge in [0.15, 0.2) is 29.6 Å². The highest BCUT2D eigenvalue weighted by molar-refractivity contribution is 5.61. The Hall–Kier alpha value is -3.24. The van der Waals surface area contributed by atoms with E-state index in [9.17, 15) is 35.1 Å². The summed E-state index contributed by atoms with van der Waals surface area (Å²) in [7, 11) is 0. The Kier molecular flexibility index (Phi) is 8.52. The molecule has 0 aromatic heterocycles. The van der Waals surface area contributed by atoms with Gasteiger partial charge in [0.05, 0.1) is 13.2 Å². The molecule has 2 nitrogen and oxygen atoms in total. The van der Waals surface area contributed by atoms with Crippen molar-refractivity contribution in [1.29, 1.82) is 0 Å². The summed E-state index contributed by atoms with van der Waals surface area (Å²) >= 11 is 0. The molecule has 3 aromatic rings. The fourth-order valence-corrected chi connectivity index (χ4v) is 4.22. The first-order valence-corrected chi connectivity index (χ1v) is 11.8. The monoisotopic (exact) mass is 542 g/mol.